The van der Waals surface area contributed by atoms with Crippen molar-refractivity contribution in [3.05, 3.63) is 45.6 Å². The highest BCUT2D eigenvalue weighted by Crippen LogP contribution is 2.36. The first-order valence-corrected chi connectivity index (χ1v) is 5.33. The highest BCUT2D eigenvalue weighted by Gasteiger charge is 2.13. The first-order valence-electron chi connectivity index (χ1n) is 4.16. The molecular weight excluding hydrogens is 277 g/mol. The molecule has 0 radical (unpaired) electrons. The van der Waals surface area contributed by atoms with Crippen molar-refractivity contribution in [3.63, 3.8) is 0 Å². The van der Waals surface area contributed by atoms with Crippen molar-refractivity contribution < 1.29 is 4.42 Å². The van der Waals surface area contributed by atoms with Gasteiger partial charge in [-0.3, -0.25) is 0 Å². The van der Waals surface area contributed by atoms with Gasteiger partial charge < -0.3 is 4.42 Å². The molecule has 0 unspecified atom stereocenters. The van der Waals surface area contributed by atoms with Gasteiger partial charge in [0.1, 0.15) is 11.8 Å². The predicted octanol–water partition coefficient (Wildman–Crippen LogP) is 4.23. The van der Waals surface area contributed by atoms with Gasteiger partial charge in [0.05, 0.1) is 22.4 Å². The third-order valence-electron chi connectivity index (χ3n) is 1.98. The maximum absolute atomic E-state index is 8.85. The molecule has 2 nitrogen and oxygen atoms in total. The number of nitrogens with zero attached hydrogens (tertiary/aromatic N) is 1. The summed E-state index contributed by atoms with van der Waals surface area (Å²) in [7, 11) is 0. The number of hydrogen-bond acceptors (Lipinski definition) is 2. The monoisotopic (exact) mass is 281 g/mol. The fourth-order valence-corrected chi connectivity index (χ4v) is 2.23. The molecule has 0 spiro atoms. The lowest BCUT2D eigenvalue weighted by molar-refractivity contribution is 0.582. The van der Waals surface area contributed by atoms with E-state index in [2.05, 4.69) is 15.9 Å². The van der Waals surface area contributed by atoms with Gasteiger partial charge in [0.15, 0.2) is 0 Å². The second kappa shape index (κ2) is 4.09. The van der Waals surface area contributed by atoms with Crippen LogP contribution < -0.4 is 0 Å². The molecule has 1 aromatic carbocycles. The highest BCUT2D eigenvalue weighted by molar-refractivity contribution is 9.10. The van der Waals surface area contributed by atoms with Crippen LogP contribution in [0.2, 0.25) is 5.02 Å². The molecule has 0 N–H and O–H groups in total. The zero-order valence-corrected chi connectivity index (χ0v) is 9.84. The van der Waals surface area contributed by atoms with Crippen LogP contribution in [0.15, 0.2) is 39.4 Å². The van der Waals surface area contributed by atoms with E-state index in [9.17, 15) is 0 Å². The van der Waals surface area contributed by atoms with Crippen molar-refractivity contribution in [1.82, 2.24) is 0 Å². The van der Waals surface area contributed by atoms with Crippen molar-refractivity contribution in [2.24, 2.45) is 0 Å². The van der Waals surface area contributed by atoms with Gasteiger partial charge in [-0.25, -0.2) is 0 Å². The minimum atomic E-state index is 0.404. The molecule has 1 heterocycles. The summed E-state index contributed by atoms with van der Waals surface area (Å²) >= 11 is 9.47. The smallest absolute Gasteiger partial charge is 0.136 e. The van der Waals surface area contributed by atoms with Crippen molar-refractivity contribution in [1.29, 1.82) is 5.26 Å². The lowest BCUT2D eigenvalue weighted by atomic mass is 10.1. The van der Waals surface area contributed by atoms with Crippen LogP contribution >= 0.6 is 27.5 Å². The molecule has 4 heteroatoms. The summed E-state index contributed by atoms with van der Waals surface area (Å²) in [5.41, 5.74) is 1.15. The van der Waals surface area contributed by atoms with E-state index in [1.807, 2.05) is 6.07 Å². The second-order valence-electron chi connectivity index (χ2n) is 2.87. The number of halogens is 2. The van der Waals surface area contributed by atoms with Crippen LogP contribution in [0.5, 0.6) is 0 Å². The first-order chi connectivity index (χ1) is 7.24. The van der Waals surface area contributed by atoms with Gasteiger partial charge in [-0.1, -0.05) is 11.6 Å². The zero-order chi connectivity index (χ0) is 10.8. The van der Waals surface area contributed by atoms with Crippen molar-refractivity contribution in [3.8, 4) is 17.4 Å². The SMILES string of the molecule is N#Cc1ccc(Br)c(-c2ccco2)c1Cl. The summed E-state index contributed by atoms with van der Waals surface area (Å²) in [4.78, 5) is 0. The maximum Gasteiger partial charge on any atom is 0.136 e. The van der Waals surface area contributed by atoms with E-state index in [1.54, 1.807) is 30.5 Å². The molecule has 0 aliphatic carbocycles. The topological polar surface area (TPSA) is 36.9 Å². The Morgan fingerprint density at radius 1 is 1.33 bits per heavy atom. The minimum absolute atomic E-state index is 0.404. The van der Waals surface area contributed by atoms with E-state index < -0.39 is 0 Å². The molecule has 0 aliphatic rings. The second-order valence-corrected chi connectivity index (χ2v) is 4.11. The molecule has 2 aromatic rings. The Kier molecular flexibility index (Phi) is 2.81. The van der Waals surface area contributed by atoms with Gasteiger partial charge in [0.2, 0.25) is 0 Å². The van der Waals surface area contributed by atoms with Crippen LogP contribution in [0.1, 0.15) is 5.56 Å². The standard InChI is InChI=1S/C11H5BrClNO/c12-8-4-3-7(6-14)11(13)10(8)9-2-1-5-15-9/h1-5H. The average Bonchev–Trinajstić information content (AvgIpc) is 2.71. The van der Waals surface area contributed by atoms with Crippen molar-refractivity contribution in [2.75, 3.05) is 0 Å². The third-order valence-corrected chi connectivity index (χ3v) is 3.03. The summed E-state index contributed by atoms with van der Waals surface area (Å²) in [6, 6.07) is 9.05. The Labute approximate surface area is 100 Å². The summed E-state index contributed by atoms with van der Waals surface area (Å²) < 4.78 is 6.06. The Morgan fingerprint density at radius 3 is 2.73 bits per heavy atom. The average molecular weight is 283 g/mol. The minimum Gasteiger partial charge on any atom is -0.464 e. The lowest BCUT2D eigenvalue weighted by Gasteiger charge is -2.05. The van der Waals surface area contributed by atoms with Crippen LogP contribution in [-0.2, 0) is 0 Å². The van der Waals surface area contributed by atoms with Crippen LogP contribution in [-0.4, -0.2) is 0 Å². The predicted molar refractivity (Wildman–Crippen MR) is 61.6 cm³/mol. The largest absolute Gasteiger partial charge is 0.464 e. The highest BCUT2D eigenvalue weighted by atomic mass is 79.9. The van der Waals surface area contributed by atoms with Crippen molar-refractivity contribution in [2.45, 2.75) is 0 Å². The zero-order valence-electron chi connectivity index (χ0n) is 7.50. The quantitative estimate of drug-likeness (QED) is 0.784. The summed E-state index contributed by atoms with van der Waals surface area (Å²) in [6.45, 7) is 0. The molecule has 0 amide bonds. The van der Waals surface area contributed by atoms with Crippen LogP contribution in [0.3, 0.4) is 0 Å². The van der Waals surface area contributed by atoms with E-state index >= 15 is 0 Å². The molecule has 0 saturated heterocycles. The van der Waals surface area contributed by atoms with Gasteiger partial charge in [0, 0.05) is 4.47 Å². The van der Waals surface area contributed by atoms with Crippen molar-refractivity contribution >= 4 is 27.5 Å². The Balaban J connectivity index is 2.71. The van der Waals surface area contributed by atoms with Gasteiger partial charge in [0.25, 0.3) is 0 Å². The molecular formula is C11H5BrClNO. The van der Waals surface area contributed by atoms with Crippen LogP contribution in [0, 0.1) is 11.3 Å². The Bertz CT molecular complexity index is 528. The lowest BCUT2D eigenvalue weighted by Crippen LogP contribution is -1.84. The van der Waals surface area contributed by atoms with E-state index in [0.29, 0.717) is 21.9 Å². The van der Waals surface area contributed by atoms with Gasteiger partial charge in [-0.05, 0) is 40.2 Å². The molecule has 0 bridgehead atoms. The van der Waals surface area contributed by atoms with E-state index in [1.165, 1.54) is 0 Å². The van der Waals surface area contributed by atoms with Crippen LogP contribution in [0.4, 0.5) is 0 Å². The summed E-state index contributed by atoms with van der Waals surface area (Å²) in [5, 5.41) is 9.26. The van der Waals surface area contributed by atoms with Gasteiger partial charge in [-0.15, -0.1) is 0 Å². The number of nitriles is 1. The van der Waals surface area contributed by atoms with E-state index in [0.717, 1.165) is 4.47 Å². The molecule has 0 saturated carbocycles. The maximum atomic E-state index is 8.85. The number of furan rings is 1. The number of benzene rings is 1. The molecule has 0 atom stereocenters. The number of hydrogen-bond donors (Lipinski definition) is 0. The molecule has 74 valence electrons. The third kappa shape index (κ3) is 1.79. The number of rotatable bonds is 1. The molecule has 15 heavy (non-hydrogen) atoms. The van der Waals surface area contributed by atoms with E-state index in [-0.39, 0.29) is 0 Å². The van der Waals surface area contributed by atoms with Gasteiger partial charge >= 0.3 is 0 Å². The Morgan fingerprint density at radius 2 is 2.13 bits per heavy atom. The summed E-state index contributed by atoms with van der Waals surface area (Å²) in [5.74, 6) is 0.643. The molecule has 0 aliphatic heterocycles. The summed E-state index contributed by atoms with van der Waals surface area (Å²) in [6.07, 6.45) is 1.57. The van der Waals surface area contributed by atoms with Gasteiger partial charge in [-0.2, -0.15) is 5.26 Å². The molecule has 0 fully saturated rings. The fraction of sp³-hybridized carbons (Fsp3) is 0. The van der Waals surface area contributed by atoms with Crippen LogP contribution in [0.25, 0.3) is 11.3 Å². The normalized spacial score (nSPS) is 9.93. The molecule has 1 aromatic heterocycles. The fourth-order valence-electron chi connectivity index (χ4n) is 1.29. The van der Waals surface area contributed by atoms with E-state index in [4.69, 9.17) is 21.3 Å². The Hall–Kier alpha value is -1.24. The first kappa shape index (κ1) is 10.3. The molecule has 2 rings (SSSR count).